The molecule has 0 spiro atoms. The number of rotatable bonds is 4. The zero-order chi connectivity index (χ0) is 20.3. The summed E-state index contributed by atoms with van der Waals surface area (Å²) in [7, 11) is 0. The number of esters is 1. The van der Waals surface area contributed by atoms with Crippen molar-refractivity contribution < 1.29 is 19.1 Å². The van der Waals surface area contributed by atoms with Crippen molar-refractivity contribution in [2.75, 3.05) is 4.90 Å². The standard InChI is InChI=1S/C21H21N3O4/c1-21(2,3)20(27)28-17-13-18(25)24(19(17)26)16-11-9-15(10-12-16)23-22-14-7-5-4-6-8-14/h4-12,17H,13H2,1-3H3. The number of anilines is 1. The van der Waals surface area contributed by atoms with Gasteiger partial charge in [0, 0.05) is 0 Å². The molecule has 0 bridgehead atoms. The molecule has 1 heterocycles. The molecule has 2 aromatic carbocycles. The summed E-state index contributed by atoms with van der Waals surface area (Å²) < 4.78 is 5.24. The van der Waals surface area contributed by atoms with E-state index in [1.165, 1.54) is 0 Å². The van der Waals surface area contributed by atoms with E-state index in [1.54, 1.807) is 45.0 Å². The van der Waals surface area contributed by atoms with Crippen LogP contribution in [-0.4, -0.2) is 23.9 Å². The molecule has 1 unspecified atom stereocenters. The largest absolute Gasteiger partial charge is 0.451 e. The maximum atomic E-state index is 12.6. The number of nitrogens with zero attached hydrogens (tertiary/aromatic N) is 3. The van der Waals surface area contributed by atoms with Gasteiger partial charge in [-0.2, -0.15) is 10.2 Å². The Morgan fingerprint density at radius 2 is 1.54 bits per heavy atom. The topological polar surface area (TPSA) is 88.4 Å². The average Bonchev–Trinajstić information content (AvgIpc) is 2.94. The maximum absolute atomic E-state index is 12.6. The quantitative estimate of drug-likeness (QED) is 0.449. The van der Waals surface area contributed by atoms with Crippen molar-refractivity contribution in [1.82, 2.24) is 0 Å². The summed E-state index contributed by atoms with van der Waals surface area (Å²) in [6.45, 7) is 5.07. The second-order valence-electron chi connectivity index (χ2n) is 7.47. The van der Waals surface area contributed by atoms with Crippen molar-refractivity contribution in [2.24, 2.45) is 15.6 Å². The zero-order valence-electron chi connectivity index (χ0n) is 16.0. The van der Waals surface area contributed by atoms with E-state index in [0.29, 0.717) is 11.4 Å². The Morgan fingerprint density at radius 3 is 2.11 bits per heavy atom. The van der Waals surface area contributed by atoms with E-state index in [9.17, 15) is 14.4 Å². The number of ether oxygens (including phenoxy) is 1. The molecule has 1 saturated heterocycles. The first-order valence-corrected chi connectivity index (χ1v) is 8.90. The molecule has 2 aromatic rings. The first kappa shape index (κ1) is 19.4. The number of benzene rings is 2. The molecule has 0 aromatic heterocycles. The molecule has 0 radical (unpaired) electrons. The van der Waals surface area contributed by atoms with Crippen LogP contribution in [0.2, 0.25) is 0 Å². The molecule has 28 heavy (non-hydrogen) atoms. The number of carbonyl (C=O) groups excluding carboxylic acids is 3. The predicted molar refractivity (Wildman–Crippen MR) is 104 cm³/mol. The summed E-state index contributed by atoms with van der Waals surface area (Å²) in [6, 6.07) is 15.8. The van der Waals surface area contributed by atoms with E-state index >= 15 is 0 Å². The van der Waals surface area contributed by atoms with E-state index in [4.69, 9.17) is 4.74 Å². The summed E-state index contributed by atoms with van der Waals surface area (Å²) >= 11 is 0. The van der Waals surface area contributed by atoms with Crippen LogP contribution in [0, 0.1) is 5.41 Å². The fraction of sp³-hybridized carbons (Fsp3) is 0.286. The van der Waals surface area contributed by atoms with Crippen molar-refractivity contribution >= 4 is 34.8 Å². The lowest BCUT2D eigenvalue weighted by Crippen LogP contribution is -2.35. The fourth-order valence-electron chi connectivity index (χ4n) is 2.55. The third-order valence-electron chi connectivity index (χ3n) is 4.11. The van der Waals surface area contributed by atoms with Gasteiger partial charge in [0.25, 0.3) is 5.91 Å². The van der Waals surface area contributed by atoms with Crippen LogP contribution in [0.1, 0.15) is 27.2 Å². The van der Waals surface area contributed by atoms with Gasteiger partial charge in [0.05, 0.1) is 28.9 Å². The highest BCUT2D eigenvalue weighted by Gasteiger charge is 2.43. The van der Waals surface area contributed by atoms with Gasteiger partial charge in [-0.3, -0.25) is 14.4 Å². The lowest BCUT2D eigenvalue weighted by atomic mass is 9.97. The van der Waals surface area contributed by atoms with Gasteiger partial charge in [-0.15, -0.1) is 0 Å². The Kier molecular flexibility index (Phi) is 5.35. The normalized spacial score (nSPS) is 17.4. The lowest BCUT2D eigenvalue weighted by molar-refractivity contribution is -0.161. The number of hydrogen-bond donors (Lipinski definition) is 0. The van der Waals surface area contributed by atoms with Crippen molar-refractivity contribution in [3.05, 3.63) is 54.6 Å². The molecular weight excluding hydrogens is 358 g/mol. The SMILES string of the molecule is CC(C)(C)C(=O)OC1CC(=O)N(c2ccc(N=Nc3ccccc3)cc2)C1=O. The fourth-order valence-corrected chi connectivity index (χ4v) is 2.55. The van der Waals surface area contributed by atoms with Gasteiger partial charge in [0.15, 0.2) is 6.10 Å². The first-order chi connectivity index (χ1) is 13.3. The predicted octanol–water partition coefficient (Wildman–Crippen LogP) is 4.32. The molecular formula is C21H21N3O4. The van der Waals surface area contributed by atoms with Crippen molar-refractivity contribution in [3.8, 4) is 0 Å². The van der Waals surface area contributed by atoms with Crippen molar-refractivity contribution in [3.63, 3.8) is 0 Å². The Morgan fingerprint density at radius 1 is 0.964 bits per heavy atom. The van der Waals surface area contributed by atoms with E-state index < -0.39 is 29.3 Å². The summed E-state index contributed by atoms with van der Waals surface area (Å²) in [5.74, 6) is -1.46. The molecule has 3 rings (SSSR count). The molecule has 0 saturated carbocycles. The Balaban J connectivity index is 1.71. The number of azo groups is 1. The van der Waals surface area contributed by atoms with Crippen molar-refractivity contribution in [2.45, 2.75) is 33.3 Å². The smallest absolute Gasteiger partial charge is 0.312 e. The minimum atomic E-state index is -1.09. The molecule has 144 valence electrons. The minimum absolute atomic E-state index is 0.157. The molecule has 1 fully saturated rings. The van der Waals surface area contributed by atoms with Gasteiger partial charge in [-0.05, 0) is 57.2 Å². The Hall–Kier alpha value is -3.35. The third kappa shape index (κ3) is 4.31. The van der Waals surface area contributed by atoms with Gasteiger partial charge in [0.1, 0.15) is 0 Å². The van der Waals surface area contributed by atoms with Crippen LogP contribution in [0.15, 0.2) is 64.8 Å². The number of carbonyl (C=O) groups is 3. The van der Waals surface area contributed by atoms with E-state index in [-0.39, 0.29) is 6.42 Å². The van der Waals surface area contributed by atoms with Gasteiger partial charge in [0.2, 0.25) is 5.91 Å². The molecule has 0 N–H and O–H groups in total. The molecule has 7 nitrogen and oxygen atoms in total. The van der Waals surface area contributed by atoms with Gasteiger partial charge in [-0.25, -0.2) is 4.90 Å². The molecule has 1 aliphatic heterocycles. The second-order valence-corrected chi connectivity index (χ2v) is 7.47. The van der Waals surface area contributed by atoms with E-state index in [1.807, 2.05) is 30.3 Å². The highest BCUT2D eigenvalue weighted by molar-refractivity contribution is 6.22. The Labute approximate surface area is 163 Å². The number of hydrogen-bond acceptors (Lipinski definition) is 6. The van der Waals surface area contributed by atoms with E-state index in [0.717, 1.165) is 10.6 Å². The molecule has 7 heteroatoms. The number of amides is 2. The zero-order valence-corrected chi connectivity index (χ0v) is 16.0. The number of imide groups is 1. The highest BCUT2D eigenvalue weighted by Crippen LogP contribution is 2.28. The molecule has 1 aliphatic rings. The monoisotopic (exact) mass is 379 g/mol. The Bertz CT molecular complexity index is 915. The van der Waals surface area contributed by atoms with Crippen LogP contribution in [-0.2, 0) is 19.1 Å². The van der Waals surface area contributed by atoms with Crippen LogP contribution in [0.3, 0.4) is 0 Å². The first-order valence-electron chi connectivity index (χ1n) is 8.90. The third-order valence-corrected chi connectivity index (χ3v) is 4.11. The van der Waals surface area contributed by atoms with Crippen LogP contribution >= 0.6 is 0 Å². The van der Waals surface area contributed by atoms with Gasteiger partial charge < -0.3 is 4.74 Å². The van der Waals surface area contributed by atoms with Crippen molar-refractivity contribution in [1.29, 1.82) is 0 Å². The van der Waals surface area contributed by atoms with Crippen LogP contribution in [0.5, 0.6) is 0 Å². The molecule has 1 atom stereocenters. The summed E-state index contributed by atoms with van der Waals surface area (Å²) in [5, 5.41) is 8.25. The van der Waals surface area contributed by atoms with Crippen LogP contribution in [0.25, 0.3) is 0 Å². The minimum Gasteiger partial charge on any atom is -0.451 e. The second kappa shape index (κ2) is 7.72. The summed E-state index contributed by atoms with van der Waals surface area (Å²) in [4.78, 5) is 37.9. The maximum Gasteiger partial charge on any atom is 0.312 e. The van der Waals surface area contributed by atoms with Crippen LogP contribution < -0.4 is 4.90 Å². The van der Waals surface area contributed by atoms with Gasteiger partial charge >= 0.3 is 5.97 Å². The van der Waals surface area contributed by atoms with Crippen LogP contribution in [0.4, 0.5) is 17.1 Å². The molecule has 2 amide bonds. The average molecular weight is 379 g/mol. The summed E-state index contributed by atoms with van der Waals surface area (Å²) in [5.41, 5.74) is 0.965. The lowest BCUT2D eigenvalue weighted by Gasteiger charge is -2.20. The molecule has 0 aliphatic carbocycles. The van der Waals surface area contributed by atoms with E-state index in [2.05, 4.69) is 10.2 Å². The highest BCUT2D eigenvalue weighted by atomic mass is 16.6. The summed E-state index contributed by atoms with van der Waals surface area (Å²) in [6.07, 6.45) is -1.24. The van der Waals surface area contributed by atoms with Gasteiger partial charge in [-0.1, -0.05) is 18.2 Å².